The fourth-order valence-electron chi connectivity index (χ4n) is 2.91. The van der Waals surface area contributed by atoms with E-state index in [1.165, 1.54) is 6.07 Å². The summed E-state index contributed by atoms with van der Waals surface area (Å²) in [5, 5.41) is 0. The van der Waals surface area contributed by atoms with Crippen molar-refractivity contribution >= 4 is 31.6 Å². The van der Waals surface area contributed by atoms with Gasteiger partial charge in [-0.05, 0) is 55.8 Å². The van der Waals surface area contributed by atoms with Crippen LogP contribution in [0.5, 0.6) is 11.5 Å². The third-order valence-corrected chi connectivity index (χ3v) is 6.84. The van der Waals surface area contributed by atoms with Gasteiger partial charge in [-0.2, -0.15) is 0 Å². The van der Waals surface area contributed by atoms with Crippen molar-refractivity contribution in [3.63, 3.8) is 0 Å². The SMILES string of the molecule is CCCn1c(=O)sc2cc(S(=O)(=O)N[C@@H](C)COc3ccc(OC)cc3)ccc21. The molecule has 0 aliphatic heterocycles. The monoisotopic (exact) mass is 436 g/mol. The third kappa shape index (κ3) is 4.98. The normalized spacial score (nSPS) is 12.8. The number of hydrogen-bond acceptors (Lipinski definition) is 6. The summed E-state index contributed by atoms with van der Waals surface area (Å²) >= 11 is 1.06. The first kappa shape index (κ1) is 21.4. The molecule has 1 aromatic heterocycles. The lowest BCUT2D eigenvalue weighted by Crippen LogP contribution is -2.36. The standard InChI is InChI=1S/C20H24N2O5S2/c1-4-11-22-18-10-9-17(12-19(18)28-20(22)23)29(24,25)21-14(2)13-27-16-7-5-15(26-3)6-8-16/h5-10,12,14,21H,4,11,13H2,1-3H3/t14-/m0/s1. The number of fused-ring (bicyclic) bond motifs is 1. The van der Waals surface area contributed by atoms with Gasteiger partial charge in [-0.1, -0.05) is 18.3 Å². The summed E-state index contributed by atoms with van der Waals surface area (Å²) in [6.07, 6.45) is 0.832. The predicted octanol–water partition coefficient (Wildman–Crippen LogP) is 3.23. The molecule has 0 saturated heterocycles. The van der Waals surface area contributed by atoms with Crippen molar-refractivity contribution in [1.29, 1.82) is 0 Å². The summed E-state index contributed by atoms with van der Waals surface area (Å²) in [5.74, 6) is 1.34. The van der Waals surface area contributed by atoms with E-state index in [1.54, 1.807) is 55.0 Å². The average Bonchev–Trinajstić information content (AvgIpc) is 3.01. The topological polar surface area (TPSA) is 86.6 Å². The molecular formula is C20H24N2O5S2. The number of rotatable bonds is 9. The Balaban J connectivity index is 1.70. The van der Waals surface area contributed by atoms with E-state index >= 15 is 0 Å². The highest BCUT2D eigenvalue weighted by Crippen LogP contribution is 2.22. The minimum absolute atomic E-state index is 0.0781. The Kier molecular flexibility index (Phi) is 6.61. The summed E-state index contributed by atoms with van der Waals surface area (Å²) in [6.45, 7) is 4.51. The van der Waals surface area contributed by atoms with E-state index in [-0.39, 0.29) is 16.4 Å². The Morgan fingerprint density at radius 3 is 2.48 bits per heavy atom. The first-order chi connectivity index (χ1) is 13.8. The van der Waals surface area contributed by atoms with Crippen molar-refractivity contribution in [2.24, 2.45) is 0 Å². The van der Waals surface area contributed by atoms with Gasteiger partial charge < -0.3 is 9.47 Å². The van der Waals surface area contributed by atoms with Crippen molar-refractivity contribution in [2.45, 2.75) is 37.8 Å². The van der Waals surface area contributed by atoms with Crippen LogP contribution in [-0.4, -0.2) is 32.7 Å². The molecule has 2 aromatic carbocycles. The van der Waals surface area contributed by atoms with Gasteiger partial charge in [0.25, 0.3) is 0 Å². The number of thiazole rings is 1. The summed E-state index contributed by atoms with van der Waals surface area (Å²) in [7, 11) is -2.15. The van der Waals surface area contributed by atoms with Gasteiger partial charge in [0.1, 0.15) is 18.1 Å². The highest BCUT2D eigenvalue weighted by atomic mass is 32.2. The highest BCUT2D eigenvalue weighted by molar-refractivity contribution is 7.89. The minimum Gasteiger partial charge on any atom is -0.497 e. The van der Waals surface area contributed by atoms with E-state index in [9.17, 15) is 13.2 Å². The fraction of sp³-hybridized carbons (Fsp3) is 0.350. The van der Waals surface area contributed by atoms with Crippen LogP contribution in [0.1, 0.15) is 20.3 Å². The molecule has 156 valence electrons. The lowest BCUT2D eigenvalue weighted by molar-refractivity contribution is 0.287. The number of benzene rings is 2. The lowest BCUT2D eigenvalue weighted by Gasteiger charge is -2.15. The van der Waals surface area contributed by atoms with Gasteiger partial charge in [0.2, 0.25) is 10.0 Å². The van der Waals surface area contributed by atoms with Crippen molar-refractivity contribution in [2.75, 3.05) is 13.7 Å². The Hall–Kier alpha value is -2.36. The highest BCUT2D eigenvalue weighted by Gasteiger charge is 2.19. The van der Waals surface area contributed by atoms with Crippen molar-refractivity contribution in [3.8, 4) is 11.5 Å². The van der Waals surface area contributed by atoms with E-state index < -0.39 is 16.1 Å². The van der Waals surface area contributed by atoms with Crippen LogP contribution in [0.4, 0.5) is 0 Å². The lowest BCUT2D eigenvalue weighted by atomic mass is 10.3. The van der Waals surface area contributed by atoms with E-state index in [1.807, 2.05) is 6.92 Å². The second-order valence-electron chi connectivity index (χ2n) is 6.66. The Labute approximate surface area is 173 Å². The number of methoxy groups -OCH3 is 1. The maximum Gasteiger partial charge on any atom is 0.308 e. The number of nitrogens with zero attached hydrogens (tertiary/aromatic N) is 1. The van der Waals surface area contributed by atoms with E-state index in [0.717, 1.165) is 29.0 Å². The number of aromatic nitrogens is 1. The van der Waals surface area contributed by atoms with Gasteiger partial charge in [-0.3, -0.25) is 9.36 Å². The van der Waals surface area contributed by atoms with Crippen LogP contribution in [0.25, 0.3) is 10.2 Å². The number of sulfonamides is 1. The zero-order chi connectivity index (χ0) is 21.0. The van der Waals surface area contributed by atoms with Crippen LogP contribution in [0, 0.1) is 0 Å². The largest absolute Gasteiger partial charge is 0.497 e. The first-order valence-corrected chi connectivity index (χ1v) is 11.6. The van der Waals surface area contributed by atoms with Crippen LogP contribution in [0.15, 0.2) is 52.2 Å². The average molecular weight is 437 g/mol. The van der Waals surface area contributed by atoms with Gasteiger partial charge in [0, 0.05) is 6.54 Å². The third-order valence-electron chi connectivity index (χ3n) is 4.31. The maximum atomic E-state index is 12.7. The quantitative estimate of drug-likeness (QED) is 0.557. The predicted molar refractivity (Wildman–Crippen MR) is 115 cm³/mol. The van der Waals surface area contributed by atoms with E-state index in [0.29, 0.717) is 17.0 Å². The molecule has 0 radical (unpaired) electrons. The van der Waals surface area contributed by atoms with E-state index in [4.69, 9.17) is 9.47 Å². The molecule has 0 fully saturated rings. The molecule has 1 heterocycles. The molecule has 1 N–H and O–H groups in total. The molecule has 0 aliphatic carbocycles. The summed E-state index contributed by atoms with van der Waals surface area (Å²) in [6, 6.07) is 11.4. The molecule has 0 aliphatic rings. The number of aryl methyl sites for hydroxylation is 1. The van der Waals surface area contributed by atoms with Crippen molar-refractivity contribution in [3.05, 3.63) is 52.1 Å². The molecule has 0 bridgehead atoms. The van der Waals surface area contributed by atoms with Gasteiger partial charge >= 0.3 is 4.87 Å². The van der Waals surface area contributed by atoms with Crippen LogP contribution in [0.3, 0.4) is 0 Å². The Morgan fingerprint density at radius 1 is 1.14 bits per heavy atom. The summed E-state index contributed by atoms with van der Waals surface area (Å²) < 4.78 is 41.2. The van der Waals surface area contributed by atoms with Crippen LogP contribution in [0.2, 0.25) is 0 Å². The molecule has 29 heavy (non-hydrogen) atoms. The Morgan fingerprint density at radius 2 is 1.83 bits per heavy atom. The zero-order valence-electron chi connectivity index (χ0n) is 16.5. The molecule has 3 aromatic rings. The van der Waals surface area contributed by atoms with Crippen molar-refractivity contribution in [1.82, 2.24) is 9.29 Å². The second-order valence-corrected chi connectivity index (χ2v) is 9.37. The molecule has 9 heteroatoms. The van der Waals surface area contributed by atoms with Gasteiger partial charge in [-0.25, -0.2) is 13.1 Å². The molecule has 0 saturated carbocycles. The number of nitrogens with one attached hydrogen (secondary N) is 1. The van der Waals surface area contributed by atoms with Crippen LogP contribution >= 0.6 is 11.3 Å². The van der Waals surface area contributed by atoms with Crippen LogP contribution in [-0.2, 0) is 16.6 Å². The molecule has 7 nitrogen and oxygen atoms in total. The summed E-state index contributed by atoms with van der Waals surface area (Å²) in [5.41, 5.74) is 0.761. The second kappa shape index (κ2) is 8.98. The van der Waals surface area contributed by atoms with Gasteiger partial charge in [0.15, 0.2) is 0 Å². The molecule has 3 rings (SSSR count). The molecule has 1 atom stereocenters. The number of hydrogen-bond donors (Lipinski definition) is 1. The molecule has 0 spiro atoms. The van der Waals surface area contributed by atoms with E-state index in [2.05, 4.69) is 4.72 Å². The van der Waals surface area contributed by atoms with Crippen molar-refractivity contribution < 1.29 is 17.9 Å². The first-order valence-electron chi connectivity index (χ1n) is 9.26. The number of ether oxygens (including phenoxy) is 2. The molecule has 0 unspecified atom stereocenters. The molecular weight excluding hydrogens is 412 g/mol. The fourth-order valence-corrected chi connectivity index (χ4v) is 5.19. The smallest absolute Gasteiger partial charge is 0.308 e. The summed E-state index contributed by atoms with van der Waals surface area (Å²) in [4.78, 5) is 12.2. The Bertz CT molecular complexity index is 1130. The maximum absolute atomic E-state index is 12.7. The zero-order valence-corrected chi connectivity index (χ0v) is 18.2. The van der Waals surface area contributed by atoms with Crippen LogP contribution < -0.4 is 19.1 Å². The minimum atomic E-state index is -3.74. The van der Waals surface area contributed by atoms with Gasteiger partial charge in [-0.15, -0.1) is 0 Å². The molecule has 0 amide bonds. The van der Waals surface area contributed by atoms with Gasteiger partial charge in [0.05, 0.1) is 28.3 Å².